The molecule has 2 rings (SSSR count). The zero-order chi connectivity index (χ0) is 13.3. The molecule has 1 aliphatic heterocycles. The van der Waals surface area contributed by atoms with Crippen molar-refractivity contribution in [1.82, 2.24) is 0 Å². The van der Waals surface area contributed by atoms with Crippen LogP contribution in [0.4, 0.5) is 0 Å². The lowest BCUT2D eigenvalue weighted by atomic mass is 9.88. The van der Waals surface area contributed by atoms with E-state index in [1.54, 1.807) is 0 Å². The molecule has 4 heteroatoms. The Morgan fingerprint density at radius 2 is 2.28 bits per heavy atom. The first-order chi connectivity index (χ1) is 8.45. The number of carbonyl (C=O) groups is 2. The van der Waals surface area contributed by atoms with Gasteiger partial charge in [0.15, 0.2) is 0 Å². The first-order valence-electron chi connectivity index (χ1n) is 6.54. The van der Waals surface area contributed by atoms with E-state index in [0.717, 1.165) is 12.8 Å². The minimum atomic E-state index is -0.724. The van der Waals surface area contributed by atoms with E-state index in [0.29, 0.717) is 6.42 Å². The van der Waals surface area contributed by atoms with Crippen molar-refractivity contribution in [3.05, 3.63) is 12.2 Å². The van der Waals surface area contributed by atoms with Crippen molar-refractivity contribution < 1.29 is 19.1 Å². The van der Waals surface area contributed by atoms with Crippen LogP contribution >= 0.6 is 0 Å². The molecule has 1 saturated heterocycles. The molecule has 0 bridgehead atoms. The highest BCUT2D eigenvalue weighted by Gasteiger charge is 2.47. The fourth-order valence-corrected chi connectivity index (χ4v) is 2.21. The standard InChI is InChI=1S/C14H20O4/c1-4-14(2,3)13(16)18-11-9-7-5-6-8-10(9)17-12(11)15/h6,8-11H,4-5,7H2,1-3H3. The Bertz CT molecular complexity index is 383. The number of hydrogen-bond acceptors (Lipinski definition) is 4. The van der Waals surface area contributed by atoms with Crippen molar-refractivity contribution in [3.63, 3.8) is 0 Å². The summed E-state index contributed by atoms with van der Waals surface area (Å²) in [6.45, 7) is 5.59. The topological polar surface area (TPSA) is 52.6 Å². The molecule has 3 atom stereocenters. The highest BCUT2D eigenvalue weighted by atomic mass is 16.6. The highest BCUT2D eigenvalue weighted by Crippen LogP contribution is 2.35. The summed E-state index contributed by atoms with van der Waals surface area (Å²) in [4.78, 5) is 23.8. The summed E-state index contributed by atoms with van der Waals surface area (Å²) in [6.07, 6.45) is 5.38. The van der Waals surface area contributed by atoms with E-state index in [1.807, 2.05) is 32.9 Å². The van der Waals surface area contributed by atoms with Crippen molar-refractivity contribution >= 4 is 11.9 Å². The molecule has 3 unspecified atom stereocenters. The first-order valence-corrected chi connectivity index (χ1v) is 6.54. The lowest BCUT2D eigenvalue weighted by Gasteiger charge is -2.25. The van der Waals surface area contributed by atoms with Crippen LogP contribution in [-0.2, 0) is 19.1 Å². The number of allylic oxidation sites excluding steroid dienone is 1. The summed E-state index contributed by atoms with van der Waals surface area (Å²) >= 11 is 0. The molecule has 2 aliphatic rings. The molecular weight excluding hydrogens is 232 g/mol. The van der Waals surface area contributed by atoms with Crippen LogP contribution < -0.4 is 0 Å². The van der Waals surface area contributed by atoms with Gasteiger partial charge in [0.2, 0.25) is 6.10 Å². The Morgan fingerprint density at radius 3 is 2.94 bits per heavy atom. The van der Waals surface area contributed by atoms with Gasteiger partial charge in [-0.3, -0.25) is 4.79 Å². The lowest BCUT2D eigenvalue weighted by Crippen LogP contribution is -2.36. The van der Waals surface area contributed by atoms with Gasteiger partial charge < -0.3 is 9.47 Å². The molecule has 18 heavy (non-hydrogen) atoms. The van der Waals surface area contributed by atoms with Crippen molar-refractivity contribution in [3.8, 4) is 0 Å². The summed E-state index contributed by atoms with van der Waals surface area (Å²) in [5.41, 5.74) is -0.553. The van der Waals surface area contributed by atoms with Crippen LogP contribution in [0.2, 0.25) is 0 Å². The predicted molar refractivity (Wildman–Crippen MR) is 65.7 cm³/mol. The maximum Gasteiger partial charge on any atom is 0.348 e. The van der Waals surface area contributed by atoms with Gasteiger partial charge in [-0.1, -0.05) is 13.0 Å². The Morgan fingerprint density at radius 1 is 1.56 bits per heavy atom. The molecule has 0 spiro atoms. The van der Waals surface area contributed by atoms with Crippen LogP contribution in [0.5, 0.6) is 0 Å². The average Bonchev–Trinajstić information content (AvgIpc) is 2.66. The smallest absolute Gasteiger partial charge is 0.348 e. The molecule has 0 N–H and O–H groups in total. The van der Waals surface area contributed by atoms with E-state index in [2.05, 4.69) is 0 Å². The molecule has 0 aromatic rings. The van der Waals surface area contributed by atoms with E-state index in [4.69, 9.17) is 9.47 Å². The van der Waals surface area contributed by atoms with Gasteiger partial charge in [0.25, 0.3) is 0 Å². The van der Waals surface area contributed by atoms with Gasteiger partial charge in [0.05, 0.1) is 5.41 Å². The fraction of sp³-hybridized carbons (Fsp3) is 0.714. The molecule has 100 valence electrons. The fourth-order valence-electron chi connectivity index (χ4n) is 2.21. The van der Waals surface area contributed by atoms with Crippen LogP contribution in [0.3, 0.4) is 0 Å². The summed E-state index contributed by atoms with van der Waals surface area (Å²) < 4.78 is 10.6. The van der Waals surface area contributed by atoms with Crippen molar-refractivity contribution in [2.75, 3.05) is 0 Å². The number of rotatable bonds is 3. The van der Waals surface area contributed by atoms with Crippen molar-refractivity contribution in [2.45, 2.75) is 52.2 Å². The van der Waals surface area contributed by atoms with E-state index in [1.165, 1.54) is 0 Å². The van der Waals surface area contributed by atoms with Crippen LogP contribution in [0.15, 0.2) is 12.2 Å². The van der Waals surface area contributed by atoms with E-state index < -0.39 is 17.5 Å². The molecule has 4 nitrogen and oxygen atoms in total. The van der Waals surface area contributed by atoms with Gasteiger partial charge >= 0.3 is 11.9 Å². The minimum Gasteiger partial charge on any atom is -0.455 e. The first kappa shape index (κ1) is 13.1. The summed E-state index contributed by atoms with van der Waals surface area (Å²) in [5.74, 6) is -0.738. The van der Waals surface area contributed by atoms with Crippen LogP contribution in [0, 0.1) is 11.3 Å². The van der Waals surface area contributed by atoms with Gasteiger partial charge in [-0.15, -0.1) is 0 Å². The van der Waals surface area contributed by atoms with Crippen LogP contribution in [-0.4, -0.2) is 24.1 Å². The third-order valence-corrected chi connectivity index (χ3v) is 3.96. The second-order valence-electron chi connectivity index (χ2n) is 5.63. The quantitative estimate of drug-likeness (QED) is 0.571. The Balaban J connectivity index is 2.07. The molecule has 1 aliphatic carbocycles. The number of esters is 2. The molecule has 0 amide bonds. The number of fused-ring (bicyclic) bond motifs is 1. The van der Waals surface area contributed by atoms with Gasteiger partial charge in [-0.05, 0) is 39.2 Å². The highest BCUT2D eigenvalue weighted by molar-refractivity contribution is 5.83. The Hall–Kier alpha value is -1.32. The summed E-state index contributed by atoms with van der Waals surface area (Å²) in [7, 11) is 0. The predicted octanol–water partition coefficient (Wildman–Crippen LogP) is 2.23. The second kappa shape index (κ2) is 4.75. The van der Waals surface area contributed by atoms with Crippen LogP contribution in [0.1, 0.15) is 40.0 Å². The number of hydrogen-bond donors (Lipinski definition) is 0. The summed E-state index contributed by atoms with van der Waals surface area (Å²) in [6, 6.07) is 0. The molecule has 0 aromatic heterocycles. The Kier molecular flexibility index (Phi) is 3.46. The monoisotopic (exact) mass is 252 g/mol. The normalized spacial score (nSPS) is 30.8. The number of ether oxygens (including phenoxy) is 2. The maximum atomic E-state index is 12.0. The second-order valence-corrected chi connectivity index (χ2v) is 5.63. The van der Waals surface area contributed by atoms with Crippen LogP contribution in [0.25, 0.3) is 0 Å². The summed E-state index contributed by atoms with van der Waals surface area (Å²) in [5, 5.41) is 0. The lowest BCUT2D eigenvalue weighted by molar-refractivity contribution is -0.168. The molecule has 1 fully saturated rings. The molecule has 1 heterocycles. The van der Waals surface area contributed by atoms with Gasteiger partial charge in [-0.2, -0.15) is 0 Å². The zero-order valence-electron chi connectivity index (χ0n) is 11.1. The molecule has 0 radical (unpaired) electrons. The SMILES string of the molecule is CCC(C)(C)C(=O)OC1C(=O)OC2C=CCCC21. The van der Waals surface area contributed by atoms with Crippen molar-refractivity contribution in [1.29, 1.82) is 0 Å². The van der Waals surface area contributed by atoms with E-state index >= 15 is 0 Å². The third-order valence-electron chi connectivity index (χ3n) is 3.96. The third kappa shape index (κ3) is 2.28. The average molecular weight is 252 g/mol. The van der Waals surface area contributed by atoms with Crippen molar-refractivity contribution in [2.24, 2.45) is 11.3 Å². The van der Waals surface area contributed by atoms with Gasteiger partial charge in [0, 0.05) is 5.92 Å². The maximum absolute atomic E-state index is 12.0. The number of carbonyl (C=O) groups excluding carboxylic acids is 2. The largest absolute Gasteiger partial charge is 0.455 e. The Labute approximate surface area is 107 Å². The van der Waals surface area contributed by atoms with E-state index in [-0.39, 0.29) is 18.0 Å². The van der Waals surface area contributed by atoms with Gasteiger partial charge in [-0.25, -0.2) is 4.79 Å². The van der Waals surface area contributed by atoms with E-state index in [9.17, 15) is 9.59 Å². The minimum absolute atomic E-state index is 0.0147. The molecular formula is C14H20O4. The van der Waals surface area contributed by atoms with Gasteiger partial charge in [0.1, 0.15) is 6.10 Å². The molecule has 0 aromatic carbocycles. The molecule has 0 saturated carbocycles. The zero-order valence-corrected chi connectivity index (χ0v) is 11.1.